The average Bonchev–Trinajstić information content (AvgIpc) is 4.14. The van der Waals surface area contributed by atoms with Gasteiger partial charge in [0.2, 0.25) is 11.8 Å². The minimum absolute atomic E-state index is 0.00919. The number of pyridine rings is 2. The second-order valence-corrected chi connectivity index (χ2v) is 18.7. The summed E-state index contributed by atoms with van der Waals surface area (Å²) < 4.78 is 18.6. The molecule has 4 atom stereocenters. The van der Waals surface area contributed by atoms with Crippen molar-refractivity contribution in [3.8, 4) is 22.3 Å². The number of fused-ring (bicyclic) bond motifs is 2. The summed E-state index contributed by atoms with van der Waals surface area (Å²) in [5, 5.41) is 24.6. The second kappa shape index (κ2) is 22.4. The highest BCUT2D eigenvalue weighted by Gasteiger charge is 2.36. The number of carbonyl (C=O) groups excluding carboxylic acids is 5. The SMILES string of the molecule is COCC(=O)NCc1ccc(-c2cc3c(N[C@@H]4CN(C(=O)OC(C)(C)C)C[C@@H]4C)c(C(N)=O)cnn3c2)cn1.COCC(=O)NCc1ccc(-c2cc3c(N[C@@H]4CNC[C@@H]4C)c(C(N)=O)cnn3c2)cn1. The standard InChI is InChI=1S/C27H35N7O5.C22H27N7O3/c1-16-12-33(26(37)39-27(2,3)4)14-21(16)32-24-20(25(28)36)11-31-34-13-18(8-22(24)34)17-6-7-19(29-9-17)10-30-23(35)15-38-5;1-13-6-24-10-18(13)28-21-17(22(23)31)9-27-29-11-15(5-19(21)29)14-3-4-16(25-7-14)8-26-20(30)12-32-2/h6-9,11,13,16,21,32H,10,12,14-15H2,1-5H3,(H2,28,36)(H,30,35);3-5,7,9,11,13,18,24,28H,6,8,10,12H2,1-2H3,(H2,23,31)(H,26,30)/t16-,21+;13-,18+/m00/s1. The fourth-order valence-corrected chi connectivity index (χ4v) is 8.25. The molecule has 0 aliphatic carbocycles. The van der Waals surface area contributed by atoms with Crippen LogP contribution in [0.1, 0.15) is 66.7 Å². The summed E-state index contributed by atoms with van der Waals surface area (Å²) in [6, 6.07) is 11.5. The molecule has 6 aromatic heterocycles. The van der Waals surface area contributed by atoms with Gasteiger partial charge in [-0.1, -0.05) is 26.0 Å². The van der Waals surface area contributed by atoms with E-state index in [0.717, 1.165) is 46.6 Å². The number of nitrogens with zero attached hydrogens (tertiary/aromatic N) is 7. The highest BCUT2D eigenvalue weighted by atomic mass is 16.6. The first-order chi connectivity index (χ1) is 33.9. The normalized spacial score (nSPS) is 17.6. The van der Waals surface area contributed by atoms with Crippen LogP contribution in [0.2, 0.25) is 0 Å². The molecule has 0 spiro atoms. The molecular weight excluding hydrogens is 913 g/mol. The zero-order valence-corrected chi connectivity index (χ0v) is 40.9. The number of amides is 5. The van der Waals surface area contributed by atoms with Gasteiger partial charge in [0.05, 0.1) is 70.4 Å². The molecule has 0 bridgehead atoms. The van der Waals surface area contributed by atoms with E-state index in [2.05, 4.69) is 53.7 Å². The fraction of sp³-hybridized carbons (Fsp3) is 0.408. The topological polar surface area (TPSA) is 289 Å². The van der Waals surface area contributed by atoms with Gasteiger partial charge in [0, 0.05) is 93.0 Å². The first-order valence-corrected chi connectivity index (χ1v) is 23.2. The fourth-order valence-electron chi connectivity index (χ4n) is 8.25. The molecule has 22 heteroatoms. The number of hydrogen-bond acceptors (Lipinski definition) is 15. The first-order valence-electron chi connectivity index (χ1n) is 23.2. The Bertz CT molecular complexity index is 2880. The molecule has 22 nitrogen and oxygen atoms in total. The lowest BCUT2D eigenvalue weighted by molar-refractivity contribution is -0.125. The lowest BCUT2D eigenvalue weighted by Gasteiger charge is -2.24. The minimum atomic E-state index is -0.605. The van der Waals surface area contributed by atoms with Gasteiger partial charge in [-0.2, -0.15) is 10.2 Å². The van der Waals surface area contributed by atoms with Gasteiger partial charge in [-0.25, -0.2) is 13.8 Å². The average molecular weight is 975 g/mol. The van der Waals surface area contributed by atoms with Crippen molar-refractivity contribution in [3.63, 3.8) is 0 Å². The molecule has 6 aromatic rings. The monoisotopic (exact) mass is 974 g/mol. The van der Waals surface area contributed by atoms with Gasteiger partial charge in [0.15, 0.2) is 0 Å². The number of likely N-dealkylation sites (tertiary alicyclic amines) is 1. The third-order valence-electron chi connectivity index (χ3n) is 12.0. The van der Waals surface area contributed by atoms with Crippen molar-refractivity contribution in [3.05, 3.63) is 96.1 Å². The molecule has 8 heterocycles. The van der Waals surface area contributed by atoms with Gasteiger partial charge < -0.3 is 57.2 Å². The van der Waals surface area contributed by atoms with Crippen molar-refractivity contribution < 1.29 is 38.2 Å². The zero-order chi connectivity index (χ0) is 51.0. The molecule has 2 saturated heterocycles. The van der Waals surface area contributed by atoms with Crippen LogP contribution in [-0.4, -0.2) is 135 Å². The number of rotatable bonds is 16. The van der Waals surface area contributed by atoms with E-state index >= 15 is 0 Å². The minimum Gasteiger partial charge on any atom is -0.444 e. The summed E-state index contributed by atoms with van der Waals surface area (Å²) in [5.74, 6) is -1.03. The Morgan fingerprint density at radius 3 is 1.58 bits per heavy atom. The third-order valence-corrected chi connectivity index (χ3v) is 12.0. The number of hydrogen-bond donors (Lipinski definition) is 7. The zero-order valence-electron chi connectivity index (χ0n) is 40.9. The molecule has 376 valence electrons. The number of methoxy groups -OCH3 is 2. The summed E-state index contributed by atoms with van der Waals surface area (Å²) >= 11 is 0. The maximum atomic E-state index is 12.6. The molecule has 0 unspecified atom stereocenters. The lowest BCUT2D eigenvalue weighted by atomic mass is 10.1. The molecule has 0 aromatic carbocycles. The molecule has 71 heavy (non-hydrogen) atoms. The van der Waals surface area contributed by atoms with E-state index in [1.807, 2.05) is 76.5 Å². The molecule has 8 rings (SSSR count). The van der Waals surface area contributed by atoms with Gasteiger partial charge in [0.1, 0.15) is 18.8 Å². The Balaban J connectivity index is 0.000000213. The van der Waals surface area contributed by atoms with Crippen LogP contribution in [0.5, 0.6) is 0 Å². The van der Waals surface area contributed by atoms with E-state index in [1.165, 1.54) is 26.6 Å². The van der Waals surface area contributed by atoms with Crippen LogP contribution in [0.25, 0.3) is 33.3 Å². The summed E-state index contributed by atoms with van der Waals surface area (Å²) in [4.78, 5) is 70.7. The Morgan fingerprint density at radius 1 is 0.676 bits per heavy atom. The van der Waals surface area contributed by atoms with Gasteiger partial charge in [0.25, 0.3) is 11.8 Å². The summed E-state index contributed by atoms with van der Waals surface area (Å²) in [5.41, 5.74) is 18.9. The van der Waals surface area contributed by atoms with Crippen molar-refractivity contribution >= 4 is 52.1 Å². The number of primary amides is 2. The summed E-state index contributed by atoms with van der Waals surface area (Å²) in [7, 11) is 2.94. The lowest BCUT2D eigenvalue weighted by Crippen LogP contribution is -2.36. The first kappa shape index (κ1) is 51.2. The maximum Gasteiger partial charge on any atom is 0.410 e. The quantitative estimate of drug-likeness (QED) is 0.0733. The van der Waals surface area contributed by atoms with E-state index in [0.29, 0.717) is 53.7 Å². The van der Waals surface area contributed by atoms with Crippen molar-refractivity contribution in [2.24, 2.45) is 23.3 Å². The van der Waals surface area contributed by atoms with E-state index < -0.39 is 17.4 Å². The predicted molar refractivity (Wildman–Crippen MR) is 265 cm³/mol. The molecule has 2 fully saturated rings. The van der Waals surface area contributed by atoms with Crippen LogP contribution < -0.4 is 38.1 Å². The number of anilines is 2. The van der Waals surface area contributed by atoms with Gasteiger partial charge in [-0.15, -0.1) is 0 Å². The van der Waals surface area contributed by atoms with E-state index in [1.54, 1.807) is 26.3 Å². The molecule has 0 saturated carbocycles. The Kier molecular flexibility index (Phi) is 16.1. The number of ether oxygens (including phenoxy) is 3. The molecule has 2 aliphatic heterocycles. The molecular formula is C49H62N14O8. The number of carbonyl (C=O) groups is 5. The number of nitrogens with one attached hydrogen (secondary N) is 5. The molecule has 9 N–H and O–H groups in total. The highest BCUT2D eigenvalue weighted by Crippen LogP contribution is 2.32. The molecule has 0 radical (unpaired) electrons. The second-order valence-electron chi connectivity index (χ2n) is 18.7. The summed E-state index contributed by atoms with van der Waals surface area (Å²) in [6.45, 7) is 13.0. The van der Waals surface area contributed by atoms with E-state index in [9.17, 15) is 24.0 Å². The Hall–Kier alpha value is -7.69. The number of aromatic nitrogens is 6. The van der Waals surface area contributed by atoms with Crippen LogP contribution in [0.15, 0.2) is 73.6 Å². The van der Waals surface area contributed by atoms with Crippen molar-refractivity contribution in [2.45, 2.75) is 65.4 Å². The number of nitrogens with two attached hydrogens (primary N) is 2. The Morgan fingerprint density at radius 2 is 1.17 bits per heavy atom. The van der Waals surface area contributed by atoms with Crippen LogP contribution in [0.3, 0.4) is 0 Å². The van der Waals surface area contributed by atoms with Crippen molar-refractivity contribution in [1.82, 2.24) is 50.0 Å². The third kappa shape index (κ3) is 12.8. The molecule has 2 aliphatic rings. The largest absolute Gasteiger partial charge is 0.444 e. The Labute approximate surface area is 410 Å². The van der Waals surface area contributed by atoms with Crippen LogP contribution in [0, 0.1) is 11.8 Å². The van der Waals surface area contributed by atoms with Crippen molar-refractivity contribution in [1.29, 1.82) is 0 Å². The summed E-state index contributed by atoms with van der Waals surface area (Å²) in [6.07, 6.45) is 9.76. The van der Waals surface area contributed by atoms with Crippen LogP contribution in [0.4, 0.5) is 16.2 Å². The van der Waals surface area contributed by atoms with Gasteiger partial charge in [-0.05, 0) is 63.4 Å². The van der Waals surface area contributed by atoms with Gasteiger partial charge in [-0.3, -0.25) is 29.1 Å². The maximum absolute atomic E-state index is 12.6. The highest BCUT2D eigenvalue weighted by molar-refractivity contribution is 6.03. The predicted octanol–water partition coefficient (Wildman–Crippen LogP) is 3.20. The van der Waals surface area contributed by atoms with E-state index in [4.69, 9.17) is 25.7 Å². The van der Waals surface area contributed by atoms with Crippen LogP contribution in [-0.2, 0) is 36.9 Å². The van der Waals surface area contributed by atoms with Crippen LogP contribution >= 0.6 is 0 Å². The van der Waals surface area contributed by atoms with E-state index in [-0.39, 0.29) is 61.2 Å². The van der Waals surface area contributed by atoms with Crippen molar-refractivity contribution in [2.75, 3.05) is 64.2 Å². The smallest absolute Gasteiger partial charge is 0.410 e. The molecule has 5 amide bonds. The van der Waals surface area contributed by atoms with Gasteiger partial charge >= 0.3 is 6.09 Å².